The molecule has 1 N–H and O–H groups in total. The van der Waals surface area contributed by atoms with Crippen molar-refractivity contribution in [2.45, 2.75) is 12.5 Å². The van der Waals surface area contributed by atoms with Crippen LogP contribution < -0.4 is 0 Å². The van der Waals surface area contributed by atoms with E-state index in [-0.39, 0.29) is 6.42 Å². The Bertz CT molecular complexity index is 545. The van der Waals surface area contributed by atoms with Gasteiger partial charge in [-0.3, -0.25) is 4.79 Å². The Hall–Kier alpha value is -1.81. The summed E-state index contributed by atoms with van der Waals surface area (Å²) in [5, 5.41) is 11.0. The van der Waals surface area contributed by atoms with E-state index in [2.05, 4.69) is 4.74 Å². The molecular formula is C13H15NO3. The number of carbonyl (C=O) groups is 1. The third-order valence-electron chi connectivity index (χ3n) is 2.92. The Morgan fingerprint density at radius 2 is 2.18 bits per heavy atom. The van der Waals surface area contributed by atoms with Crippen LogP contribution in [0.1, 0.15) is 18.2 Å². The Balaban J connectivity index is 2.35. The molecule has 0 aliphatic heterocycles. The number of hydrogen-bond donors (Lipinski definition) is 1. The first kappa shape index (κ1) is 11.7. The van der Waals surface area contributed by atoms with Crippen LogP contribution in [-0.4, -0.2) is 22.8 Å². The smallest absolute Gasteiger partial charge is 0.308 e. The molecule has 0 amide bonds. The van der Waals surface area contributed by atoms with Gasteiger partial charge in [0.2, 0.25) is 0 Å². The Morgan fingerprint density at radius 3 is 2.82 bits per heavy atom. The number of methoxy groups -OCH3 is 1. The maximum Gasteiger partial charge on any atom is 0.308 e. The van der Waals surface area contributed by atoms with Gasteiger partial charge in [-0.1, -0.05) is 18.2 Å². The molecule has 1 aromatic carbocycles. The maximum atomic E-state index is 11.1. The quantitative estimate of drug-likeness (QED) is 0.822. The lowest BCUT2D eigenvalue weighted by molar-refractivity contribution is -0.143. The topological polar surface area (TPSA) is 51.5 Å². The third kappa shape index (κ3) is 2.17. The zero-order chi connectivity index (χ0) is 12.4. The van der Waals surface area contributed by atoms with Crippen LogP contribution in [-0.2, 0) is 16.6 Å². The van der Waals surface area contributed by atoms with Crippen molar-refractivity contribution in [3.8, 4) is 0 Å². The molecule has 2 rings (SSSR count). The van der Waals surface area contributed by atoms with E-state index in [1.165, 1.54) is 7.11 Å². The van der Waals surface area contributed by atoms with E-state index in [0.29, 0.717) is 0 Å². The molecule has 17 heavy (non-hydrogen) atoms. The zero-order valence-corrected chi connectivity index (χ0v) is 9.88. The second-order valence-electron chi connectivity index (χ2n) is 3.98. The highest BCUT2D eigenvalue weighted by Crippen LogP contribution is 2.25. The summed E-state index contributed by atoms with van der Waals surface area (Å²) in [6.07, 6.45) is -0.861. The van der Waals surface area contributed by atoms with Crippen LogP contribution in [0.5, 0.6) is 0 Å². The number of para-hydroxylation sites is 1. The highest BCUT2D eigenvalue weighted by molar-refractivity contribution is 5.81. The molecule has 0 aliphatic rings. The van der Waals surface area contributed by atoms with Gasteiger partial charge in [0.15, 0.2) is 0 Å². The fraction of sp³-hybridized carbons (Fsp3) is 0.308. The van der Waals surface area contributed by atoms with Crippen molar-refractivity contribution in [1.82, 2.24) is 4.57 Å². The number of nitrogens with zero attached hydrogens (tertiary/aromatic N) is 1. The van der Waals surface area contributed by atoms with Crippen LogP contribution in [0, 0.1) is 0 Å². The van der Waals surface area contributed by atoms with E-state index in [0.717, 1.165) is 16.6 Å². The van der Waals surface area contributed by atoms with Gasteiger partial charge in [0.05, 0.1) is 13.5 Å². The number of aryl methyl sites for hydroxylation is 1. The molecule has 0 bridgehead atoms. The fourth-order valence-electron chi connectivity index (χ4n) is 1.98. The predicted molar refractivity (Wildman–Crippen MR) is 64.5 cm³/mol. The molecule has 0 spiro atoms. The first-order valence-corrected chi connectivity index (χ1v) is 5.42. The Morgan fingerprint density at radius 1 is 1.47 bits per heavy atom. The van der Waals surface area contributed by atoms with Crippen LogP contribution in [0.4, 0.5) is 0 Å². The van der Waals surface area contributed by atoms with Gasteiger partial charge in [-0.15, -0.1) is 0 Å². The second-order valence-corrected chi connectivity index (χ2v) is 3.98. The molecule has 1 heterocycles. The Kier molecular flexibility index (Phi) is 3.15. The summed E-state index contributed by atoms with van der Waals surface area (Å²) >= 11 is 0. The lowest BCUT2D eigenvalue weighted by Crippen LogP contribution is -2.10. The SMILES string of the molecule is COC(=O)C[C@@H](O)c1cc2ccccc2n1C. The molecule has 0 saturated heterocycles. The fourth-order valence-corrected chi connectivity index (χ4v) is 1.98. The average Bonchev–Trinajstić information content (AvgIpc) is 2.67. The van der Waals surface area contributed by atoms with Crippen LogP contribution in [0.3, 0.4) is 0 Å². The summed E-state index contributed by atoms with van der Waals surface area (Å²) in [4.78, 5) is 11.1. The van der Waals surface area contributed by atoms with Gasteiger partial charge in [0, 0.05) is 18.3 Å². The molecule has 4 heteroatoms. The molecule has 4 nitrogen and oxygen atoms in total. The highest BCUT2D eigenvalue weighted by atomic mass is 16.5. The van der Waals surface area contributed by atoms with Gasteiger partial charge in [0.25, 0.3) is 0 Å². The minimum Gasteiger partial charge on any atom is -0.469 e. The average molecular weight is 233 g/mol. The van der Waals surface area contributed by atoms with Gasteiger partial charge in [-0.2, -0.15) is 0 Å². The number of aromatic nitrogens is 1. The molecule has 1 atom stereocenters. The highest BCUT2D eigenvalue weighted by Gasteiger charge is 2.17. The monoisotopic (exact) mass is 233 g/mol. The molecule has 0 unspecified atom stereocenters. The van der Waals surface area contributed by atoms with Gasteiger partial charge in [-0.25, -0.2) is 0 Å². The van der Waals surface area contributed by atoms with Crippen LogP contribution in [0.2, 0.25) is 0 Å². The molecule has 0 fully saturated rings. The van der Waals surface area contributed by atoms with Crippen LogP contribution in [0.15, 0.2) is 30.3 Å². The molecular weight excluding hydrogens is 218 g/mol. The van der Waals surface area contributed by atoms with E-state index >= 15 is 0 Å². The number of esters is 1. The number of carbonyl (C=O) groups excluding carboxylic acids is 1. The number of ether oxygens (including phenoxy) is 1. The summed E-state index contributed by atoms with van der Waals surface area (Å²) in [6.45, 7) is 0. The normalized spacial score (nSPS) is 12.6. The van der Waals surface area contributed by atoms with Gasteiger partial charge >= 0.3 is 5.97 Å². The van der Waals surface area contributed by atoms with Crippen molar-refractivity contribution in [2.75, 3.05) is 7.11 Å². The standard InChI is InChI=1S/C13H15NO3/c1-14-10-6-4-3-5-9(10)7-11(14)12(15)8-13(16)17-2/h3-7,12,15H,8H2,1-2H3/t12-/m1/s1. The van der Waals surface area contributed by atoms with E-state index in [9.17, 15) is 9.90 Å². The van der Waals surface area contributed by atoms with E-state index < -0.39 is 12.1 Å². The van der Waals surface area contributed by atoms with Gasteiger partial charge < -0.3 is 14.4 Å². The van der Waals surface area contributed by atoms with E-state index in [4.69, 9.17) is 0 Å². The third-order valence-corrected chi connectivity index (χ3v) is 2.92. The van der Waals surface area contributed by atoms with Crippen LogP contribution in [0.25, 0.3) is 10.9 Å². The van der Waals surface area contributed by atoms with Crippen molar-refractivity contribution in [3.05, 3.63) is 36.0 Å². The molecule has 0 aliphatic carbocycles. The van der Waals surface area contributed by atoms with Gasteiger partial charge in [0.1, 0.15) is 6.10 Å². The minimum atomic E-state index is -0.833. The second kappa shape index (κ2) is 4.59. The largest absolute Gasteiger partial charge is 0.469 e. The number of fused-ring (bicyclic) bond motifs is 1. The summed E-state index contributed by atoms with van der Waals surface area (Å²) in [5.41, 5.74) is 1.75. The lowest BCUT2D eigenvalue weighted by atomic mass is 10.2. The van der Waals surface area contributed by atoms with Crippen molar-refractivity contribution < 1.29 is 14.6 Å². The summed E-state index contributed by atoms with van der Waals surface area (Å²) in [5.74, 6) is -0.414. The summed E-state index contributed by atoms with van der Waals surface area (Å²) in [6, 6.07) is 9.73. The number of aliphatic hydroxyl groups excluding tert-OH is 1. The minimum absolute atomic E-state index is 0.0271. The number of aliphatic hydroxyl groups is 1. The maximum absolute atomic E-state index is 11.1. The van der Waals surface area contributed by atoms with Crippen LogP contribution >= 0.6 is 0 Å². The molecule has 0 saturated carbocycles. The number of benzene rings is 1. The summed E-state index contributed by atoms with van der Waals surface area (Å²) in [7, 11) is 3.19. The number of hydrogen-bond acceptors (Lipinski definition) is 3. The van der Waals surface area contributed by atoms with Crippen molar-refractivity contribution in [3.63, 3.8) is 0 Å². The van der Waals surface area contributed by atoms with E-state index in [1.54, 1.807) is 0 Å². The summed E-state index contributed by atoms with van der Waals surface area (Å²) < 4.78 is 6.44. The van der Waals surface area contributed by atoms with Crippen molar-refractivity contribution >= 4 is 16.9 Å². The molecule has 0 radical (unpaired) electrons. The molecule has 90 valence electrons. The van der Waals surface area contributed by atoms with Crippen molar-refractivity contribution in [2.24, 2.45) is 7.05 Å². The first-order valence-electron chi connectivity index (χ1n) is 5.42. The number of rotatable bonds is 3. The predicted octanol–water partition coefficient (Wildman–Crippen LogP) is 1.77. The molecule has 2 aromatic rings. The van der Waals surface area contributed by atoms with E-state index in [1.807, 2.05) is 41.9 Å². The van der Waals surface area contributed by atoms with Crippen molar-refractivity contribution in [1.29, 1.82) is 0 Å². The first-order chi connectivity index (χ1) is 8.13. The molecule has 1 aromatic heterocycles. The Labute approximate surface area is 99.4 Å². The lowest BCUT2D eigenvalue weighted by Gasteiger charge is -2.10. The van der Waals surface area contributed by atoms with Gasteiger partial charge in [-0.05, 0) is 17.5 Å². The zero-order valence-electron chi connectivity index (χ0n) is 9.88.